The summed E-state index contributed by atoms with van der Waals surface area (Å²) in [6, 6.07) is 16.3. The lowest BCUT2D eigenvalue weighted by atomic mass is 9.81. The molecule has 4 aliphatic rings. The Morgan fingerprint density at radius 2 is 0.810 bits per heavy atom. The maximum Gasteiger partial charge on any atom is 0.266 e. The van der Waals surface area contributed by atoms with Crippen molar-refractivity contribution >= 4 is 124 Å². The highest BCUT2D eigenvalue weighted by atomic mass is 35.5. The first-order valence-electron chi connectivity index (χ1n) is 18.5. The van der Waals surface area contributed by atoms with Crippen LogP contribution in [0.4, 0.5) is 11.4 Å². The smallest absolute Gasteiger partial charge is 0.266 e. The van der Waals surface area contributed by atoms with Gasteiger partial charge in [-0.05, 0) is 48.5 Å². The fourth-order valence-electron chi connectivity index (χ4n) is 8.73. The Balaban J connectivity index is 1.13. The third-order valence-electron chi connectivity index (χ3n) is 11.4. The zero-order valence-corrected chi connectivity index (χ0v) is 33.5. The van der Waals surface area contributed by atoms with Gasteiger partial charge in [0.25, 0.3) is 17.7 Å². The van der Waals surface area contributed by atoms with Gasteiger partial charge in [-0.2, -0.15) is 0 Å². The number of hydrogen-bond donors (Lipinski definition) is 1. The highest BCUT2D eigenvalue weighted by Gasteiger charge is 2.40. The molecule has 0 spiro atoms. The average Bonchev–Trinajstić information content (AvgIpc) is 3.51. The summed E-state index contributed by atoms with van der Waals surface area (Å²) in [4.78, 5) is 46.0. The summed E-state index contributed by atoms with van der Waals surface area (Å²) >= 11 is 28.9. The fourth-order valence-corrected chi connectivity index (χ4v) is 9.92. The second-order valence-electron chi connectivity index (χ2n) is 15.3. The first kappa shape index (κ1) is 35.6. The second-order valence-corrected chi connectivity index (χ2v) is 16.9. The lowest BCUT2D eigenvalue weighted by molar-refractivity contribution is 0.0892. The van der Waals surface area contributed by atoms with Crippen molar-refractivity contribution in [2.75, 3.05) is 36.2 Å². The molecule has 0 aliphatic carbocycles. The number of nitrogens with zero attached hydrogens (tertiary/aromatic N) is 2. The molecule has 10 nitrogen and oxygen atoms in total. The van der Waals surface area contributed by atoms with Crippen LogP contribution in [0.1, 0.15) is 50.5 Å². The molecule has 7 aromatic rings. The highest BCUT2D eigenvalue weighted by molar-refractivity contribution is 6.57. The first-order valence-corrected chi connectivity index (χ1v) is 20.0. The molecule has 0 saturated carbocycles. The summed E-state index contributed by atoms with van der Waals surface area (Å²) in [6.07, 6.45) is 0. The van der Waals surface area contributed by atoms with Crippen molar-refractivity contribution in [3.05, 3.63) is 103 Å². The molecule has 58 heavy (non-hydrogen) atoms. The molecule has 0 fully saturated rings. The van der Waals surface area contributed by atoms with Crippen molar-refractivity contribution < 1.29 is 33.3 Å². The number of amides is 3. The number of rotatable bonds is 2. The van der Waals surface area contributed by atoms with Crippen LogP contribution in [-0.2, 0) is 0 Å². The normalized spacial score (nSPS) is 18.9. The van der Waals surface area contributed by atoms with Crippen molar-refractivity contribution in [3.63, 3.8) is 0 Å². The Labute approximate surface area is 349 Å². The molecular formula is C44H27Cl4N3O7. The highest BCUT2D eigenvalue weighted by Crippen LogP contribution is 2.54. The molecule has 0 saturated heterocycles. The lowest BCUT2D eigenvalue weighted by Gasteiger charge is -2.32. The maximum atomic E-state index is 14.6. The number of ether oxygens (including phenoxy) is 4. The molecule has 4 heterocycles. The van der Waals surface area contributed by atoms with Crippen molar-refractivity contribution in [1.82, 2.24) is 0 Å². The average molecular weight is 852 g/mol. The van der Waals surface area contributed by atoms with E-state index in [0.717, 1.165) is 4.90 Å². The lowest BCUT2D eigenvalue weighted by Crippen LogP contribution is -2.40. The van der Waals surface area contributed by atoms with E-state index in [-0.39, 0.29) is 60.1 Å². The molecule has 288 valence electrons. The van der Waals surface area contributed by atoms with Crippen molar-refractivity contribution in [2.45, 2.75) is 13.8 Å². The Morgan fingerprint density at radius 1 is 0.466 bits per heavy atom. The van der Waals surface area contributed by atoms with E-state index in [1.54, 1.807) is 48.5 Å². The molecule has 2 atom stereocenters. The molecule has 7 aromatic carbocycles. The number of anilines is 2. The van der Waals surface area contributed by atoms with E-state index < -0.39 is 17.7 Å². The summed E-state index contributed by atoms with van der Waals surface area (Å²) in [5.41, 5.74) is 1.66. The number of carbonyl (C=O) groups is 3. The largest absolute Gasteiger partial charge is 0.489 e. The van der Waals surface area contributed by atoms with Crippen LogP contribution in [0.25, 0.3) is 43.1 Å². The summed E-state index contributed by atoms with van der Waals surface area (Å²) < 4.78 is 23.8. The van der Waals surface area contributed by atoms with Gasteiger partial charge in [0.05, 0.1) is 54.5 Å². The molecule has 4 aliphatic heterocycles. The van der Waals surface area contributed by atoms with Crippen molar-refractivity contribution in [1.29, 1.82) is 5.41 Å². The number of fused-ring (bicyclic) bond motifs is 4. The Morgan fingerprint density at radius 3 is 1.24 bits per heavy atom. The molecule has 0 radical (unpaired) electrons. The van der Waals surface area contributed by atoms with Crippen molar-refractivity contribution in [2.24, 2.45) is 11.8 Å². The van der Waals surface area contributed by atoms with Gasteiger partial charge in [-0.25, -0.2) is 4.90 Å². The van der Waals surface area contributed by atoms with Crippen LogP contribution in [0.3, 0.4) is 0 Å². The third-order valence-corrected chi connectivity index (χ3v) is 12.6. The van der Waals surface area contributed by atoms with Gasteiger partial charge in [-0.15, -0.1) is 0 Å². The monoisotopic (exact) mass is 849 g/mol. The maximum absolute atomic E-state index is 14.6. The van der Waals surface area contributed by atoms with E-state index in [1.807, 2.05) is 13.8 Å². The standard InChI is InChI=1S/C44H27Cl4N3O7/c1-17-13-55-29-5-3-19(7-31(29)57-15-17)50-41(49)21-9-25(45)35-37-27(47)11-23-34-24(12-28(48)38(40(34)37)36-26(46)10-22(42(50)52)33(21)39(35)36)44(54)51(43(23)53)20-4-6-30-32(8-20)58-16-18(2)14-56-30/h3-12,17-18,49H,13-16H2,1-2H3. The number of benzene rings is 7. The van der Waals surface area contributed by atoms with Gasteiger partial charge in [0.15, 0.2) is 23.0 Å². The predicted molar refractivity (Wildman–Crippen MR) is 226 cm³/mol. The number of carbonyl (C=O) groups excluding carboxylic acids is 3. The SMILES string of the molecule is CC1COc2ccc(N3C(=N)c4cc(Cl)c5c6c(Cl)cc7c8c(cc(Cl)c(c9c(Cl)cc(c4c59)C3=O)c86)C(=O)N(c3ccc4c(c3)OCC(C)CO4)C7=O)cc2OC1. The van der Waals surface area contributed by atoms with Gasteiger partial charge in [0, 0.05) is 92.7 Å². The molecule has 1 N–H and O–H groups in total. The van der Waals surface area contributed by atoms with Crippen LogP contribution >= 0.6 is 46.4 Å². The van der Waals surface area contributed by atoms with Gasteiger partial charge in [-0.1, -0.05) is 60.3 Å². The Bertz CT molecular complexity index is 2770. The van der Waals surface area contributed by atoms with E-state index >= 15 is 0 Å². The van der Waals surface area contributed by atoms with Crippen LogP contribution in [-0.4, -0.2) is 50.0 Å². The van der Waals surface area contributed by atoms with Gasteiger partial charge >= 0.3 is 0 Å². The van der Waals surface area contributed by atoms with Crippen LogP contribution in [0.5, 0.6) is 23.0 Å². The minimum absolute atomic E-state index is 0.115. The van der Waals surface area contributed by atoms with E-state index in [1.165, 1.54) is 17.0 Å². The molecule has 0 bridgehead atoms. The van der Waals surface area contributed by atoms with E-state index in [0.29, 0.717) is 104 Å². The second kappa shape index (κ2) is 12.5. The minimum Gasteiger partial charge on any atom is -0.489 e. The molecule has 2 unspecified atom stereocenters. The molecule has 11 rings (SSSR count). The molecule has 3 amide bonds. The van der Waals surface area contributed by atoms with Gasteiger partial charge in [0.1, 0.15) is 5.84 Å². The summed E-state index contributed by atoms with van der Waals surface area (Å²) in [6.45, 7) is 5.82. The van der Waals surface area contributed by atoms with Gasteiger partial charge in [0.2, 0.25) is 0 Å². The summed E-state index contributed by atoms with van der Waals surface area (Å²) in [5, 5.41) is 13.6. The van der Waals surface area contributed by atoms with Crippen LogP contribution in [0, 0.1) is 17.2 Å². The minimum atomic E-state index is -0.598. The van der Waals surface area contributed by atoms with Crippen LogP contribution in [0.2, 0.25) is 20.1 Å². The number of hydrogen-bond acceptors (Lipinski definition) is 8. The molecule has 0 aromatic heterocycles. The number of imide groups is 1. The Kier molecular flexibility index (Phi) is 7.67. The number of halogens is 4. The predicted octanol–water partition coefficient (Wildman–Crippen LogP) is 11.0. The van der Waals surface area contributed by atoms with Gasteiger partial charge < -0.3 is 18.9 Å². The van der Waals surface area contributed by atoms with E-state index in [9.17, 15) is 19.8 Å². The van der Waals surface area contributed by atoms with Crippen LogP contribution in [0.15, 0.2) is 60.7 Å². The zero-order valence-electron chi connectivity index (χ0n) is 30.5. The summed E-state index contributed by atoms with van der Waals surface area (Å²) in [5.74, 6) is 0.450. The van der Waals surface area contributed by atoms with Crippen LogP contribution < -0.4 is 28.7 Å². The Hall–Kier alpha value is -5.52. The number of nitrogens with one attached hydrogen (secondary N) is 1. The van der Waals surface area contributed by atoms with E-state index in [4.69, 9.17) is 65.4 Å². The molecule has 14 heteroatoms. The number of amidine groups is 1. The van der Waals surface area contributed by atoms with E-state index in [2.05, 4.69) is 0 Å². The summed E-state index contributed by atoms with van der Waals surface area (Å²) in [7, 11) is 0. The third kappa shape index (κ3) is 4.80. The van der Waals surface area contributed by atoms with Gasteiger partial charge in [-0.3, -0.25) is 24.7 Å². The zero-order chi connectivity index (χ0) is 40.0. The van der Waals surface area contributed by atoms with Crippen molar-refractivity contribution in [3.8, 4) is 23.0 Å². The fraction of sp³-hybridized carbons (Fsp3) is 0.182. The molecular weight excluding hydrogens is 824 g/mol. The quantitative estimate of drug-likeness (QED) is 0.105. The first-order chi connectivity index (χ1) is 27.9. The topological polar surface area (TPSA) is 118 Å².